The van der Waals surface area contributed by atoms with E-state index in [-0.39, 0.29) is 18.2 Å². The molecule has 1 aliphatic rings. The van der Waals surface area contributed by atoms with E-state index >= 15 is 0 Å². The van der Waals surface area contributed by atoms with E-state index in [1.165, 1.54) is 0 Å². The van der Waals surface area contributed by atoms with Crippen LogP contribution in [0.3, 0.4) is 0 Å². The Balaban J connectivity index is 1.48. The van der Waals surface area contributed by atoms with Crippen LogP contribution in [0, 0.1) is 5.92 Å². The van der Waals surface area contributed by atoms with Crippen molar-refractivity contribution in [3.63, 3.8) is 0 Å². The normalized spacial score (nSPS) is 14.6. The van der Waals surface area contributed by atoms with Crippen LogP contribution in [0.2, 0.25) is 0 Å². The Bertz CT molecular complexity index is 1130. The van der Waals surface area contributed by atoms with E-state index in [1.54, 1.807) is 6.07 Å². The zero-order chi connectivity index (χ0) is 25.2. The van der Waals surface area contributed by atoms with Crippen molar-refractivity contribution in [2.75, 3.05) is 0 Å². The van der Waals surface area contributed by atoms with Gasteiger partial charge < -0.3 is 19.9 Å². The molecule has 1 saturated carbocycles. The minimum Gasteiger partial charge on any atom is -0.485 e. The zero-order valence-corrected chi connectivity index (χ0v) is 20.4. The fraction of sp³-hybridized carbons (Fsp3) is 0.333. The van der Waals surface area contributed by atoms with E-state index in [0.29, 0.717) is 24.7 Å². The van der Waals surface area contributed by atoms with Crippen molar-refractivity contribution in [1.82, 2.24) is 5.32 Å². The lowest BCUT2D eigenvalue weighted by atomic mass is 9.88. The maximum atomic E-state index is 12.7. The number of hydrogen-bond donors (Lipinski definition) is 2. The second-order valence-electron chi connectivity index (χ2n) is 9.27. The first kappa shape index (κ1) is 25.3. The Hall–Kier alpha value is -3.80. The molecule has 3 aromatic rings. The molecular weight excluding hydrogens is 454 g/mol. The summed E-state index contributed by atoms with van der Waals surface area (Å²) in [5.41, 5.74) is 2.80. The number of amides is 1. The Morgan fingerprint density at radius 1 is 0.778 bits per heavy atom. The van der Waals surface area contributed by atoms with Crippen LogP contribution in [0.1, 0.15) is 48.8 Å². The standard InChI is InChI=1S/C30H33NO5/c32-29(25-14-8-3-9-15-25)31-26(30(33)34)18-24-16-17-27(35-20-22-10-4-1-5-11-22)28(19-24)36-21-23-12-6-2-7-13-23/h1-2,4-7,10-13,16-17,19,25-26H,3,8-9,14-15,18,20-21H2,(H,31,32)(H,33,34)/t26-/m1/s1. The van der Waals surface area contributed by atoms with Crippen LogP contribution in [0.5, 0.6) is 11.5 Å². The number of aliphatic carboxylic acids is 1. The van der Waals surface area contributed by atoms with Crippen LogP contribution in [-0.2, 0) is 29.2 Å². The van der Waals surface area contributed by atoms with E-state index in [1.807, 2.05) is 72.8 Å². The third-order valence-electron chi connectivity index (χ3n) is 6.51. The van der Waals surface area contributed by atoms with Gasteiger partial charge in [-0.05, 0) is 41.7 Å². The summed E-state index contributed by atoms with van der Waals surface area (Å²) in [6.07, 6.45) is 4.97. The minimum absolute atomic E-state index is 0.0980. The van der Waals surface area contributed by atoms with Crippen molar-refractivity contribution in [1.29, 1.82) is 0 Å². The van der Waals surface area contributed by atoms with Crippen molar-refractivity contribution in [3.05, 3.63) is 95.6 Å². The van der Waals surface area contributed by atoms with Gasteiger partial charge in [-0.15, -0.1) is 0 Å². The number of carbonyl (C=O) groups is 2. The molecule has 0 aliphatic heterocycles. The van der Waals surface area contributed by atoms with Gasteiger partial charge in [0.05, 0.1) is 0 Å². The quantitative estimate of drug-likeness (QED) is 0.371. The fourth-order valence-electron chi connectivity index (χ4n) is 4.47. The third-order valence-corrected chi connectivity index (χ3v) is 6.51. The summed E-state index contributed by atoms with van der Waals surface area (Å²) in [5.74, 6) is -0.188. The molecule has 1 atom stereocenters. The topological polar surface area (TPSA) is 84.9 Å². The second-order valence-corrected chi connectivity index (χ2v) is 9.27. The molecule has 1 fully saturated rings. The van der Waals surface area contributed by atoms with Gasteiger partial charge in [0, 0.05) is 12.3 Å². The van der Waals surface area contributed by atoms with E-state index in [0.717, 1.165) is 48.8 Å². The summed E-state index contributed by atoms with van der Waals surface area (Å²) < 4.78 is 12.2. The number of ether oxygens (including phenoxy) is 2. The number of carboxylic acids is 1. The number of carboxylic acid groups (broad SMARTS) is 1. The molecule has 1 amide bonds. The predicted octanol–water partition coefficient (Wildman–Crippen LogP) is 5.54. The Morgan fingerprint density at radius 3 is 1.94 bits per heavy atom. The number of carbonyl (C=O) groups excluding carboxylic acids is 1. The summed E-state index contributed by atoms with van der Waals surface area (Å²) in [6, 6.07) is 24.1. The highest BCUT2D eigenvalue weighted by atomic mass is 16.5. The molecule has 0 unspecified atom stereocenters. The molecule has 0 radical (unpaired) electrons. The summed E-state index contributed by atoms with van der Waals surface area (Å²) in [7, 11) is 0. The molecule has 6 heteroatoms. The number of nitrogens with one attached hydrogen (secondary N) is 1. The van der Waals surface area contributed by atoms with Gasteiger partial charge in [-0.3, -0.25) is 4.79 Å². The molecule has 1 aliphatic carbocycles. The fourth-order valence-corrected chi connectivity index (χ4v) is 4.47. The van der Waals surface area contributed by atoms with Crippen LogP contribution in [-0.4, -0.2) is 23.0 Å². The predicted molar refractivity (Wildman–Crippen MR) is 138 cm³/mol. The molecule has 0 spiro atoms. The maximum absolute atomic E-state index is 12.7. The van der Waals surface area contributed by atoms with Crippen LogP contribution in [0.15, 0.2) is 78.9 Å². The Labute approximate surface area is 212 Å². The molecule has 188 valence electrons. The molecule has 2 N–H and O–H groups in total. The molecule has 0 bridgehead atoms. The summed E-state index contributed by atoms with van der Waals surface area (Å²) in [5, 5.41) is 12.6. The maximum Gasteiger partial charge on any atom is 0.326 e. The first-order chi connectivity index (χ1) is 17.6. The summed E-state index contributed by atoms with van der Waals surface area (Å²) in [6.45, 7) is 0.740. The molecule has 6 nitrogen and oxygen atoms in total. The molecular formula is C30H33NO5. The second kappa shape index (κ2) is 12.8. The van der Waals surface area contributed by atoms with Gasteiger partial charge in [0.1, 0.15) is 19.3 Å². The highest BCUT2D eigenvalue weighted by molar-refractivity contribution is 5.85. The summed E-state index contributed by atoms with van der Waals surface area (Å²) in [4.78, 5) is 24.7. The monoisotopic (exact) mass is 487 g/mol. The van der Waals surface area contributed by atoms with Gasteiger partial charge in [0.15, 0.2) is 11.5 Å². The Morgan fingerprint density at radius 2 is 1.36 bits per heavy atom. The zero-order valence-electron chi connectivity index (χ0n) is 20.4. The average Bonchev–Trinajstić information content (AvgIpc) is 2.92. The van der Waals surface area contributed by atoms with E-state index in [9.17, 15) is 14.7 Å². The average molecular weight is 488 g/mol. The van der Waals surface area contributed by atoms with E-state index in [4.69, 9.17) is 9.47 Å². The first-order valence-electron chi connectivity index (χ1n) is 12.6. The van der Waals surface area contributed by atoms with Crippen molar-refractivity contribution in [2.24, 2.45) is 5.92 Å². The van der Waals surface area contributed by atoms with Gasteiger partial charge in [-0.25, -0.2) is 4.79 Å². The number of hydrogen-bond acceptors (Lipinski definition) is 4. The lowest BCUT2D eigenvalue weighted by Gasteiger charge is -2.23. The van der Waals surface area contributed by atoms with Crippen LogP contribution < -0.4 is 14.8 Å². The smallest absolute Gasteiger partial charge is 0.326 e. The van der Waals surface area contributed by atoms with E-state index in [2.05, 4.69) is 5.32 Å². The highest BCUT2D eigenvalue weighted by Gasteiger charge is 2.27. The third kappa shape index (κ3) is 7.35. The molecule has 0 saturated heterocycles. The van der Waals surface area contributed by atoms with Gasteiger partial charge in [-0.2, -0.15) is 0 Å². The molecule has 3 aromatic carbocycles. The number of benzene rings is 3. The van der Waals surface area contributed by atoms with Gasteiger partial charge in [0.25, 0.3) is 0 Å². The summed E-state index contributed by atoms with van der Waals surface area (Å²) >= 11 is 0. The first-order valence-corrected chi connectivity index (χ1v) is 12.6. The van der Waals surface area contributed by atoms with Crippen LogP contribution >= 0.6 is 0 Å². The van der Waals surface area contributed by atoms with Gasteiger partial charge in [-0.1, -0.05) is 86.0 Å². The highest BCUT2D eigenvalue weighted by Crippen LogP contribution is 2.31. The van der Waals surface area contributed by atoms with Crippen molar-refractivity contribution >= 4 is 11.9 Å². The van der Waals surface area contributed by atoms with Gasteiger partial charge in [0.2, 0.25) is 5.91 Å². The van der Waals surface area contributed by atoms with Gasteiger partial charge >= 0.3 is 5.97 Å². The van der Waals surface area contributed by atoms with Crippen molar-refractivity contribution < 1.29 is 24.2 Å². The minimum atomic E-state index is -1.05. The largest absolute Gasteiger partial charge is 0.485 e. The van der Waals surface area contributed by atoms with Crippen LogP contribution in [0.4, 0.5) is 0 Å². The lowest BCUT2D eigenvalue weighted by Crippen LogP contribution is -2.45. The lowest BCUT2D eigenvalue weighted by molar-refractivity contribution is -0.142. The van der Waals surface area contributed by atoms with Crippen molar-refractivity contribution in [3.8, 4) is 11.5 Å². The molecule has 0 heterocycles. The molecule has 0 aromatic heterocycles. The van der Waals surface area contributed by atoms with Crippen LogP contribution in [0.25, 0.3) is 0 Å². The SMILES string of the molecule is O=C(N[C@H](Cc1ccc(OCc2ccccc2)c(OCc2ccccc2)c1)C(=O)O)C1CCCCC1. The van der Waals surface area contributed by atoms with Crippen molar-refractivity contribution in [2.45, 2.75) is 57.8 Å². The number of rotatable bonds is 11. The molecule has 36 heavy (non-hydrogen) atoms. The van der Waals surface area contributed by atoms with E-state index < -0.39 is 12.0 Å². The Kier molecular flexibility index (Phi) is 8.98. The molecule has 4 rings (SSSR count).